The van der Waals surface area contributed by atoms with Crippen molar-refractivity contribution in [3.8, 4) is 11.6 Å². The summed E-state index contributed by atoms with van der Waals surface area (Å²) in [5, 5.41) is 4.13. The minimum atomic E-state index is -3.83. The molecule has 0 saturated heterocycles. The van der Waals surface area contributed by atoms with Gasteiger partial charge in [-0.05, 0) is 0 Å². The van der Waals surface area contributed by atoms with E-state index in [1.807, 2.05) is 13.8 Å². The minimum Gasteiger partial charge on any atom is -0.495 e. The molecule has 0 atom stereocenters. The van der Waals surface area contributed by atoms with Crippen LogP contribution < -0.4 is 14.2 Å². The Morgan fingerprint density at radius 2 is 2.13 bits per heavy atom. The molecule has 0 fully saturated rings. The van der Waals surface area contributed by atoms with Crippen molar-refractivity contribution >= 4 is 15.7 Å². The number of sulfonamides is 1. The lowest BCUT2D eigenvalue weighted by Gasteiger charge is -2.30. The first kappa shape index (κ1) is 15.6. The number of fused-ring (bicyclic) bond motifs is 1. The van der Waals surface area contributed by atoms with Gasteiger partial charge in [0.1, 0.15) is 5.75 Å². The summed E-state index contributed by atoms with van der Waals surface area (Å²) in [6.07, 6.45) is 4.19. The third kappa shape index (κ3) is 3.09. The van der Waals surface area contributed by atoms with Crippen molar-refractivity contribution in [1.82, 2.24) is 14.8 Å². The molecule has 0 aliphatic carbocycles. The Kier molecular flexibility index (Phi) is 3.67. The number of nitrogens with zero attached hydrogens (tertiary/aromatic N) is 3. The second-order valence-corrected chi connectivity index (χ2v) is 7.79. The topological polar surface area (TPSA) is 95.3 Å². The van der Waals surface area contributed by atoms with Gasteiger partial charge in [0.2, 0.25) is 5.88 Å². The highest BCUT2D eigenvalue weighted by atomic mass is 32.2. The van der Waals surface area contributed by atoms with Crippen LogP contribution in [0.1, 0.15) is 13.8 Å². The van der Waals surface area contributed by atoms with Gasteiger partial charge in [-0.25, -0.2) is 13.1 Å². The molecule has 1 aliphatic rings. The van der Waals surface area contributed by atoms with Gasteiger partial charge in [0.05, 0.1) is 44.5 Å². The summed E-state index contributed by atoms with van der Waals surface area (Å²) in [5.74, 6) is 0.716. The number of rotatable bonds is 4. The average Bonchev–Trinajstić information content (AvgIpc) is 2.89. The second kappa shape index (κ2) is 5.41. The highest BCUT2D eigenvalue weighted by Gasteiger charge is 2.33. The van der Waals surface area contributed by atoms with Crippen LogP contribution in [0.5, 0.6) is 11.6 Å². The summed E-state index contributed by atoms with van der Waals surface area (Å²) in [6, 6.07) is 1.55. The number of hydrogen-bond acceptors (Lipinski definition) is 6. The fraction of sp³-hybridized carbons (Fsp3) is 0.429. The predicted molar refractivity (Wildman–Crippen MR) is 83.1 cm³/mol. The van der Waals surface area contributed by atoms with Gasteiger partial charge >= 0.3 is 0 Å². The standard InChI is InChI=1S/C14H18N4O4S/c1-14(2)8-18-13(22-9-14)12(7-16-18)23(19,20)17-10-4-11(21-3)6-15-5-10/h4-7,17H,8-9H2,1-3H3. The quantitative estimate of drug-likeness (QED) is 0.908. The van der Waals surface area contributed by atoms with Crippen LogP contribution in [0.15, 0.2) is 29.6 Å². The van der Waals surface area contributed by atoms with Gasteiger partial charge in [-0.15, -0.1) is 0 Å². The number of hydrogen-bond donors (Lipinski definition) is 1. The second-order valence-electron chi connectivity index (χ2n) is 6.14. The molecule has 1 N–H and O–H groups in total. The fourth-order valence-electron chi connectivity index (χ4n) is 2.31. The lowest BCUT2D eigenvalue weighted by molar-refractivity contribution is 0.0971. The van der Waals surface area contributed by atoms with Gasteiger partial charge in [0.25, 0.3) is 10.0 Å². The van der Waals surface area contributed by atoms with Crippen LogP contribution in [-0.4, -0.2) is 36.9 Å². The molecule has 0 amide bonds. The van der Waals surface area contributed by atoms with Gasteiger partial charge in [-0.1, -0.05) is 13.8 Å². The maximum Gasteiger partial charge on any atom is 0.268 e. The maximum absolute atomic E-state index is 12.6. The van der Waals surface area contributed by atoms with Crippen molar-refractivity contribution in [3.63, 3.8) is 0 Å². The normalized spacial score (nSPS) is 16.3. The third-order valence-corrected chi connectivity index (χ3v) is 4.79. The molecule has 0 aromatic carbocycles. The molecule has 2 aromatic heterocycles. The molecule has 0 spiro atoms. The molecule has 3 rings (SSSR count). The van der Waals surface area contributed by atoms with Gasteiger partial charge in [-0.3, -0.25) is 9.71 Å². The molecule has 2 aromatic rings. The molecule has 0 radical (unpaired) electrons. The molecule has 23 heavy (non-hydrogen) atoms. The highest BCUT2D eigenvalue weighted by molar-refractivity contribution is 7.92. The molecule has 3 heterocycles. The zero-order chi connectivity index (χ0) is 16.7. The lowest BCUT2D eigenvalue weighted by atomic mass is 9.94. The van der Waals surface area contributed by atoms with Crippen molar-refractivity contribution in [1.29, 1.82) is 0 Å². The molecule has 1 aliphatic heterocycles. The van der Waals surface area contributed by atoms with E-state index in [1.54, 1.807) is 10.7 Å². The molecular formula is C14H18N4O4S. The number of ether oxygens (including phenoxy) is 2. The predicted octanol–water partition coefficient (Wildman–Crippen LogP) is 1.51. The summed E-state index contributed by atoms with van der Waals surface area (Å²) in [4.78, 5) is 3.93. The Labute approximate surface area is 134 Å². The Hall–Kier alpha value is -2.29. The van der Waals surface area contributed by atoms with E-state index in [1.165, 1.54) is 25.7 Å². The first-order chi connectivity index (χ1) is 10.8. The zero-order valence-corrected chi connectivity index (χ0v) is 13.9. The van der Waals surface area contributed by atoms with E-state index in [2.05, 4.69) is 14.8 Å². The van der Waals surface area contributed by atoms with Crippen LogP contribution in [0.4, 0.5) is 5.69 Å². The first-order valence-electron chi connectivity index (χ1n) is 7.01. The van der Waals surface area contributed by atoms with E-state index in [9.17, 15) is 8.42 Å². The fourth-order valence-corrected chi connectivity index (χ4v) is 3.42. The van der Waals surface area contributed by atoms with Crippen LogP contribution in [0.2, 0.25) is 0 Å². The summed E-state index contributed by atoms with van der Waals surface area (Å²) in [5.41, 5.74) is 0.213. The smallest absolute Gasteiger partial charge is 0.268 e. The van der Waals surface area contributed by atoms with Gasteiger partial charge in [-0.2, -0.15) is 5.10 Å². The van der Waals surface area contributed by atoms with Crippen molar-refractivity contribution in [2.24, 2.45) is 5.41 Å². The van der Waals surface area contributed by atoms with E-state index >= 15 is 0 Å². The van der Waals surface area contributed by atoms with Gasteiger partial charge in [0.15, 0.2) is 4.90 Å². The van der Waals surface area contributed by atoms with E-state index in [-0.39, 0.29) is 16.2 Å². The minimum absolute atomic E-state index is 0.0100. The average molecular weight is 338 g/mol. The van der Waals surface area contributed by atoms with Crippen LogP contribution in [0.25, 0.3) is 0 Å². The molecule has 0 saturated carbocycles. The Bertz CT molecular complexity index is 829. The molecular weight excluding hydrogens is 320 g/mol. The van der Waals surface area contributed by atoms with E-state index in [0.29, 0.717) is 24.6 Å². The zero-order valence-electron chi connectivity index (χ0n) is 13.1. The Morgan fingerprint density at radius 1 is 1.35 bits per heavy atom. The largest absolute Gasteiger partial charge is 0.495 e. The van der Waals surface area contributed by atoms with Crippen LogP contribution in [0, 0.1) is 5.41 Å². The number of pyridine rings is 1. The SMILES string of the molecule is COc1cncc(NS(=O)(=O)c2cnn3c2OCC(C)(C)C3)c1. The first-order valence-corrected chi connectivity index (χ1v) is 8.49. The van der Waals surface area contributed by atoms with Crippen molar-refractivity contribution < 1.29 is 17.9 Å². The number of methoxy groups -OCH3 is 1. The number of anilines is 1. The highest BCUT2D eigenvalue weighted by Crippen LogP contribution is 2.33. The van der Waals surface area contributed by atoms with Crippen LogP contribution in [-0.2, 0) is 16.6 Å². The summed E-state index contributed by atoms with van der Waals surface area (Å²) in [6.45, 7) is 5.10. The van der Waals surface area contributed by atoms with Crippen molar-refractivity contribution in [3.05, 3.63) is 24.7 Å². The number of aromatic nitrogens is 3. The third-order valence-electron chi connectivity index (χ3n) is 3.43. The van der Waals surface area contributed by atoms with Gasteiger partial charge in [0, 0.05) is 11.5 Å². The van der Waals surface area contributed by atoms with Gasteiger partial charge < -0.3 is 9.47 Å². The van der Waals surface area contributed by atoms with E-state index < -0.39 is 10.0 Å². The Morgan fingerprint density at radius 3 is 2.87 bits per heavy atom. The maximum atomic E-state index is 12.6. The van der Waals surface area contributed by atoms with Crippen LogP contribution in [0.3, 0.4) is 0 Å². The summed E-state index contributed by atoms with van der Waals surface area (Å²) in [7, 11) is -2.34. The van der Waals surface area contributed by atoms with Crippen molar-refractivity contribution in [2.45, 2.75) is 25.3 Å². The molecule has 0 bridgehead atoms. The number of nitrogens with one attached hydrogen (secondary N) is 1. The molecule has 0 unspecified atom stereocenters. The lowest BCUT2D eigenvalue weighted by Crippen LogP contribution is -2.33. The van der Waals surface area contributed by atoms with E-state index in [4.69, 9.17) is 9.47 Å². The Balaban J connectivity index is 1.90. The van der Waals surface area contributed by atoms with E-state index in [0.717, 1.165) is 0 Å². The molecule has 8 nitrogen and oxygen atoms in total. The van der Waals surface area contributed by atoms with Crippen molar-refractivity contribution in [2.75, 3.05) is 18.4 Å². The monoisotopic (exact) mass is 338 g/mol. The molecule has 124 valence electrons. The molecule has 9 heteroatoms. The van der Waals surface area contributed by atoms with Crippen LogP contribution >= 0.6 is 0 Å². The summed E-state index contributed by atoms with van der Waals surface area (Å²) >= 11 is 0. The summed E-state index contributed by atoms with van der Waals surface area (Å²) < 4.78 is 39.9.